The normalized spacial score (nSPS) is 10.3. The van der Waals surface area contributed by atoms with Crippen LogP contribution in [0.3, 0.4) is 0 Å². The van der Waals surface area contributed by atoms with Crippen molar-refractivity contribution in [2.24, 2.45) is 0 Å². The second-order valence-corrected chi connectivity index (χ2v) is 4.93. The summed E-state index contributed by atoms with van der Waals surface area (Å²) in [6.07, 6.45) is 2.34. The Morgan fingerprint density at radius 3 is 2.95 bits per heavy atom. The number of halogens is 2. The van der Waals surface area contributed by atoms with Crippen LogP contribution in [0.2, 0.25) is 0 Å². The predicted octanol–water partition coefficient (Wildman–Crippen LogP) is 3.65. The summed E-state index contributed by atoms with van der Waals surface area (Å²) < 4.78 is 19.3. The second kappa shape index (κ2) is 6.52. The van der Waals surface area contributed by atoms with Crippen molar-refractivity contribution in [1.29, 1.82) is 0 Å². The van der Waals surface area contributed by atoms with E-state index in [1.165, 1.54) is 6.07 Å². The Bertz CT molecular complexity index is 563. The maximum Gasteiger partial charge on any atom is 0.166 e. The molecule has 100 valence electrons. The van der Waals surface area contributed by atoms with Gasteiger partial charge in [0.05, 0.1) is 7.11 Å². The fraction of sp³-hybridized carbons (Fsp3) is 0.214. The lowest BCUT2D eigenvalue weighted by Crippen LogP contribution is -2.08. The Kier molecular flexibility index (Phi) is 4.74. The molecule has 19 heavy (non-hydrogen) atoms. The summed E-state index contributed by atoms with van der Waals surface area (Å²) in [5.41, 5.74) is 1.13. The molecule has 1 N–H and O–H groups in total. The van der Waals surface area contributed by atoms with Crippen LogP contribution in [0.15, 0.2) is 41.0 Å². The third kappa shape index (κ3) is 3.92. The Labute approximate surface area is 119 Å². The highest BCUT2D eigenvalue weighted by Gasteiger charge is 2.03. The molecule has 0 saturated carbocycles. The quantitative estimate of drug-likeness (QED) is 0.911. The molecule has 1 aromatic carbocycles. The Morgan fingerprint density at radius 2 is 2.21 bits per heavy atom. The molecule has 0 aliphatic rings. The number of benzene rings is 1. The minimum atomic E-state index is -0.361. The number of methoxy groups -OCH3 is 1. The topological polar surface area (TPSA) is 34.1 Å². The smallest absolute Gasteiger partial charge is 0.166 e. The van der Waals surface area contributed by atoms with Gasteiger partial charge in [-0.15, -0.1) is 0 Å². The molecule has 0 aliphatic heterocycles. The zero-order valence-corrected chi connectivity index (χ0v) is 12.1. The number of ether oxygens (including phenoxy) is 1. The molecule has 5 heteroatoms. The first-order valence-electron chi connectivity index (χ1n) is 5.87. The van der Waals surface area contributed by atoms with Crippen molar-refractivity contribution in [3.63, 3.8) is 0 Å². The highest BCUT2D eigenvalue weighted by atomic mass is 79.9. The van der Waals surface area contributed by atoms with Crippen molar-refractivity contribution in [3.8, 4) is 5.75 Å². The first-order valence-corrected chi connectivity index (χ1v) is 6.66. The zero-order chi connectivity index (χ0) is 13.7. The van der Waals surface area contributed by atoms with Crippen LogP contribution >= 0.6 is 15.9 Å². The molecule has 0 unspecified atom stereocenters. The Hall–Kier alpha value is -1.62. The molecule has 3 nitrogen and oxygen atoms in total. The fourth-order valence-corrected chi connectivity index (χ4v) is 2.00. The first-order chi connectivity index (χ1) is 9.19. The highest BCUT2D eigenvalue weighted by molar-refractivity contribution is 9.10. The van der Waals surface area contributed by atoms with E-state index >= 15 is 0 Å². The van der Waals surface area contributed by atoms with Crippen molar-refractivity contribution in [2.75, 3.05) is 19.0 Å². The van der Waals surface area contributed by atoms with Gasteiger partial charge in [0.2, 0.25) is 0 Å². The fourth-order valence-electron chi connectivity index (χ4n) is 1.70. The summed E-state index contributed by atoms with van der Waals surface area (Å²) in [4.78, 5) is 3.99. The Morgan fingerprint density at radius 1 is 1.37 bits per heavy atom. The summed E-state index contributed by atoms with van der Waals surface area (Å²) in [5, 5.41) is 2.98. The van der Waals surface area contributed by atoms with Gasteiger partial charge in [0.25, 0.3) is 0 Å². The van der Waals surface area contributed by atoms with Crippen LogP contribution in [0.1, 0.15) is 5.56 Å². The van der Waals surface area contributed by atoms with Crippen LogP contribution in [0.5, 0.6) is 5.75 Å². The summed E-state index contributed by atoms with van der Waals surface area (Å²) in [5.74, 6) is 0.733. The van der Waals surface area contributed by atoms with Crippen molar-refractivity contribution < 1.29 is 9.13 Å². The average molecular weight is 325 g/mol. The van der Waals surface area contributed by atoms with Gasteiger partial charge >= 0.3 is 0 Å². The second-order valence-electron chi connectivity index (χ2n) is 4.01. The van der Waals surface area contributed by atoms with Crippen LogP contribution in [0, 0.1) is 5.82 Å². The predicted molar refractivity (Wildman–Crippen MR) is 77.1 cm³/mol. The lowest BCUT2D eigenvalue weighted by Gasteiger charge is -2.07. The molecule has 0 aliphatic carbocycles. The van der Waals surface area contributed by atoms with Gasteiger partial charge in [-0.25, -0.2) is 9.37 Å². The molecular formula is C14H14BrFN2O. The summed E-state index contributed by atoms with van der Waals surface area (Å²) >= 11 is 3.17. The maximum atomic E-state index is 13.5. The van der Waals surface area contributed by atoms with Gasteiger partial charge in [-0.05, 0) is 46.1 Å². The molecule has 0 atom stereocenters. The third-order valence-corrected chi connectivity index (χ3v) is 3.08. The van der Waals surface area contributed by atoms with E-state index in [0.29, 0.717) is 11.0 Å². The first kappa shape index (κ1) is 13.8. The van der Waals surface area contributed by atoms with E-state index in [2.05, 4.69) is 26.2 Å². The molecule has 0 amide bonds. The molecule has 0 spiro atoms. The van der Waals surface area contributed by atoms with Crippen molar-refractivity contribution in [1.82, 2.24) is 4.98 Å². The molecule has 2 aromatic rings. The van der Waals surface area contributed by atoms with Crippen LogP contribution in [0.25, 0.3) is 0 Å². The van der Waals surface area contributed by atoms with Crippen LogP contribution in [-0.2, 0) is 6.42 Å². The van der Waals surface area contributed by atoms with Crippen LogP contribution in [0.4, 0.5) is 10.2 Å². The van der Waals surface area contributed by atoms with Gasteiger partial charge < -0.3 is 10.1 Å². The van der Waals surface area contributed by atoms with E-state index in [-0.39, 0.29) is 11.6 Å². The average Bonchev–Trinajstić information content (AvgIpc) is 2.41. The van der Waals surface area contributed by atoms with E-state index in [4.69, 9.17) is 4.74 Å². The van der Waals surface area contributed by atoms with E-state index in [1.54, 1.807) is 13.3 Å². The number of hydrogen-bond acceptors (Lipinski definition) is 3. The molecule has 0 fully saturated rings. The standard InChI is InChI=1S/C14H14BrFN2O/c1-19-12-4-2-3-10(7-12)5-6-17-14-13(16)8-11(15)9-18-14/h2-4,7-9H,5-6H2,1H3,(H,17,18). The van der Waals surface area contributed by atoms with Gasteiger partial charge in [0.15, 0.2) is 11.6 Å². The number of nitrogens with one attached hydrogen (secondary N) is 1. The summed E-state index contributed by atoms with van der Waals surface area (Å²) in [6, 6.07) is 9.20. The molecule has 1 aromatic heterocycles. The number of pyridine rings is 1. The Balaban J connectivity index is 1.92. The molecule has 0 bridgehead atoms. The van der Waals surface area contributed by atoms with Gasteiger partial charge in [-0.3, -0.25) is 0 Å². The largest absolute Gasteiger partial charge is 0.497 e. The minimum absolute atomic E-state index is 0.270. The van der Waals surface area contributed by atoms with Crippen LogP contribution < -0.4 is 10.1 Å². The van der Waals surface area contributed by atoms with Crippen molar-refractivity contribution in [3.05, 3.63) is 52.4 Å². The lowest BCUT2D eigenvalue weighted by atomic mass is 10.1. The third-order valence-electron chi connectivity index (χ3n) is 2.65. The number of hydrogen-bond donors (Lipinski definition) is 1. The van der Waals surface area contributed by atoms with Crippen molar-refractivity contribution in [2.45, 2.75) is 6.42 Å². The number of nitrogens with zero attached hydrogens (tertiary/aromatic N) is 1. The van der Waals surface area contributed by atoms with Gasteiger partial charge in [-0.1, -0.05) is 12.1 Å². The number of aromatic nitrogens is 1. The molecule has 0 saturated heterocycles. The van der Waals surface area contributed by atoms with Gasteiger partial charge in [-0.2, -0.15) is 0 Å². The maximum absolute atomic E-state index is 13.5. The van der Waals surface area contributed by atoms with E-state index in [9.17, 15) is 4.39 Å². The molecule has 0 radical (unpaired) electrons. The highest BCUT2D eigenvalue weighted by Crippen LogP contribution is 2.16. The number of rotatable bonds is 5. The molecular weight excluding hydrogens is 311 g/mol. The molecule has 1 heterocycles. The van der Waals surface area contributed by atoms with E-state index < -0.39 is 0 Å². The molecule has 2 rings (SSSR count). The van der Waals surface area contributed by atoms with Gasteiger partial charge in [0.1, 0.15) is 5.75 Å². The monoisotopic (exact) mass is 324 g/mol. The van der Waals surface area contributed by atoms with Gasteiger partial charge in [0, 0.05) is 17.2 Å². The minimum Gasteiger partial charge on any atom is -0.497 e. The van der Waals surface area contributed by atoms with E-state index in [0.717, 1.165) is 17.7 Å². The summed E-state index contributed by atoms with van der Waals surface area (Å²) in [7, 11) is 1.64. The SMILES string of the molecule is COc1cccc(CCNc2ncc(Br)cc2F)c1. The summed E-state index contributed by atoms with van der Waals surface area (Å²) in [6.45, 7) is 0.610. The number of anilines is 1. The van der Waals surface area contributed by atoms with E-state index in [1.807, 2.05) is 24.3 Å². The van der Waals surface area contributed by atoms with Crippen molar-refractivity contribution >= 4 is 21.7 Å². The zero-order valence-electron chi connectivity index (χ0n) is 10.5. The lowest BCUT2D eigenvalue weighted by molar-refractivity contribution is 0.414. The van der Waals surface area contributed by atoms with Crippen LogP contribution in [-0.4, -0.2) is 18.6 Å².